The van der Waals surface area contributed by atoms with Crippen molar-refractivity contribution in [2.45, 2.75) is 18.2 Å². The van der Waals surface area contributed by atoms with Gasteiger partial charge in [0.1, 0.15) is 5.82 Å². The molecule has 140 valence electrons. The Balaban J connectivity index is 1.70. The zero-order chi connectivity index (χ0) is 19.4. The number of halogens is 1. The van der Waals surface area contributed by atoms with Crippen LogP contribution in [-0.2, 0) is 17.8 Å². The van der Waals surface area contributed by atoms with Gasteiger partial charge in [-0.05, 0) is 36.6 Å². The standard InChI is InChI=1S/C19H20ClN5OS/c1-12-3-2-4-15(18(12)20)16-11-17(25-19(21)24-16)23-10-9-13-5-7-14(8-6-13)27(22)26/h2-8,11H,9-10,22H2,1H3,(H3,21,23,24,25). The van der Waals surface area contributed by atoms with E-state index in [1.165, 1.54) is 0 Å². The quantitative estimate of drug-likeness (QED) is 0.546. The van der Waals surface area contributed by atoms with Crippen molar-refractivity contribution in [3.63, 3.8) is 0 Å². The van der Waals surface area contributed by atoms with Gasteiger partial charge in [0.25, 0.3) is 0 Å². The summed E-state index contributed by atoms with van der Waals surface area (Å²) in [6.07, 6.45) is 0.766. The molecule has 6 nitrogen and oxygen atoms in total. The van der Waals surface area contributed by atoms with Crippen LogP contribution in [0.15, 0.2) is 53.4 Å². The summed E-state index contributed by atoms with van der Waals surface area (Å²) < 4.78 is 11.2. The van der Waals surface area contributed by atoms with Gasteiger partial charge in [0.05, 0.1) is 22.1 Å². The van der Waals surface area contributed by atoms with Crippen LogP contribution in [0, 0.1) is 6.92 Å². The maximum Gasteiger partial charge on any atom is 0.222 e. The van der Waals surface area contributed by atoms with Gasteiger partial charge in [-0.1, -0.05) is 41.9 Å². The summed E-state index contributed by atoms with van der Waals surface area (Å²) in [7, 11) is 0. The van der Waals surface area contributed by atoms with Crippen molar-refractivity contribution in [3.05, 3.63) is 64.7 Å². The number of hydrogen-bond acceptors (Lipinski definition) is 6. The van der Waals surface area contributed by atoms with Crippen molar-refractivity contribution in [2.75, 3.05) is 17.6 Å². The summed E-state index contributed by atoms with van der Waals surface area (Å²) in [5.74, 6) is 0.817. The summed E-state index contributed by atoms with van der Waals surface area (Å²) in [6.45, 7) is 2.60. The van der Waals surface area contributed by atoms with Crippen molar-refractivity contribution >= 4 is 34.7 Å². The number of aryl methyl sites for hydroxylation is 1. The van der Waals surface area contributed by atoms with Crippen molar-refractivity contribution in [2.24, 2.45) is 5.14 Å². The monoisotopic (exact) mass is 401 g/mol. The minimum Gasteiger partial charge on any atom is -0.593 e. The fourth-order valence-corrected chi connectivity index (χ4v) is 3.29. The number of anilines is 2. The molecule has 0 spiro atoms. The lowest BCUT2D eigenvalue weighted by Gasteiger charge is -2.11. The lowest BCUT2D eigenvalue weighted by atomic mass is 10.1. The Hall–Kier alpha value is -2.32. The number of benzene rings is 2. The van der Waals surface area contributed by atoms with Crippen molar-refractivity contribution in [1.29, 1.82) is 0 Å². The molecule has 1 atom stereocenters. The van der Waals surface area contributed by atoms with Gasteiger partial charge < -0.3 is 15.6 Å². The summed E-state index contributed by atoms with van der Waals surface area (Å²) in [5.41, 5.74) is 9.43. The molecule has 0 fully saturated rings. The van der Waals surface area contributed by atoms with Crippen LogP contribution >= 0.6 is 11.6 Å². The van der Waals surface area contributed by atoms with E-state index in [9.17, 15) is 4.55 Å². The first-order valence-electron chi connectivity index (χ1n) is 8.33. The number of rotatable bonds is 6. The lowest BCUT2D eigenvalue weighted by Crippen LogP contribution is -2.12. The molecule has 0 aliphatic carbocycles. The van der Waals surface area contributed by atoms with Crippen LogP contribution in [0.4, 0.5) is 11.8 Å². The van der Waals surface area contributed by atoms with Gasteiger partial charge in [0, 0.05) is 18.2 Å². The minimum atomic E-state index is -1.46. The molecule has 0 radical (unpaired) electrons. The molecule has 1 heterocycles. The number of hydrogen-bond donors (Lipinski definition) is 3. The van der Waals surface area contributed by atoms with Gasteiger partial charge in [-0.3, -0.25) is 0 Å². The van der Waals surface area contributed by atoms with Crippen LogP contribution in [0.5, 0.6) is 0 Å². The van der Waals surface area contributed by atoms with Crippen molar-refractivity contribution < 1.29 is 4.55 Å². The van der Waals surface area contributed by atoms with Crippen molar-refractivity contribution in [3.8, 4) is 11.3 Å². The Labute approximate surface area is 166 Å². The van der Waals surface area contributed by atoms with Crippen LogP contribution in [0.25, 0.3) is 11.3 Å². The normalized spacial score (nSPS) is 12.0. The Bertz CT molecular complexity index is 934. The summed E-state index contributed by atoms with van der Waals surface area (Å²) in [6, 6.07) is 15.0. The van der Waals surface area contributed by atoms with Gasteiger partial charge in [0.2, 0.25) is 5.95 Å². The molecule has 8 heteroatoms. The van der Waals surface area contributed by atoms with E-state index < -0.39 is 11.4 Å². The molecular weight excluding hydrogens is 382 g/mol. The molecular formula is C19H20ClN5OS. The van der Waals surface area contributed by atoms with Crippen LogP contribution in [-0.4, -0.2) is 21.1 Å². The maximum atomic E-state index is 11.2. The first kappa shape index (κ1) is 19.4. The van der Waals surface area contributed by atoms with Gasteiger partial charge in [-0.2, -0.15) is 4.98 Å². The van der Waals surface area contributed by atoms with Gasteiger partial charge in [-0.15, -0.1) is 5.14 Å². The van der Waals surface area contributed by atoms with E-state index in [0.29, 0.717) is 28.0 Å². The molecule has 0 aliphatic rings. The number of nitrogens with two attached hydrogens (primary N) is 2. The van der Waals surface area contributed by atoms with E-state index in [4.69, 9.17) is 22.5 Å². The first-order chi connectivity index (χ1) is 12.9. The molecule has 0 saturated heterocycles. The third-order valence-electron chi connectivity index (χ3n) is 4.09. The fourth-order valence-electron chi connectivity index (χ4n) is 2.66. The first-order valence-corrected chi connectivity index (χ1v) is 9.92. The molecule has 3 rings (SSSR count). The van der Waals surface area contributed by atoms with Crippen LogP contribution in [0.1, 0.15) is 11.1 Å². The van der Waals surface area contributed by atoms with Crippen molar-refractivity contribution in [1.82, 2.24) is 9.97 Å². The highest BCUT2D eigenvalue weighted by Gasteiger charge is 2.10. The van der Waals surface area contributed by atoms with Crippen LogP contribution in [0.3, 0.4) is 0 Å². The van der Waals surface area contributed by atoms with Crippen LogP contribution < -0.4 is 16.2 Å². The maximum absolute atomic E-state index is 11.2. The Morgan fingerprint density at radius 2 is 1.89 bits per heavy atom. The van der Waals surface area contributed by atoms with E-state index in [0.717, 1.165) is 23.1 Å². The number of nitrogen functional groups attached to an aromatic ring is 1. The number of nitrogens with one attached hydrogen (secondary N) is 1. The molecule has 0 amide bonds. The smallest absolute Gasteiger partial charge is 0.222 e. The number of nitrogens with zero attached hydrogens (tertiary/aromatic N) is 2. The van der Waals surface area contributed by atoms with E-state index >= 15 is 0 Å². The zero-order valence-electron chi connectivity index (χ0n) is 14.8. The van der Waals surface area contributed by atoms with Gasteiger partial charge in [-0.25, -0.2) is 4.98 Å². The lowest BCUT2D eigenvalue weighted by molar-refractivity contribution is 0.596. The highest BCUT2D eigenvalue weighted by atomic mass is 35.5. The molecule has 0 aliphatic heterocycles. The predicted molar refractivity (Wildman–Crippen MR) is 111 cm³/mol. The second-order valence-corrected chi connectivity index (χ2v) is 7.50. The molecule has 5 N–H and O–H groups in total. The fraction of sp³-hybridized carbons (Fsp3) is 0.158. The predicted octanol–water partition coefficient (Wildman–Crippen LogP) is 3.32. The van der Waals surface area contributed by atoms with E-state index in [2.05, 4.69) is 15.3 Å². The van der Waals surface area contributed by atoms with Crippen LogP contribution in [0.2, 0.25) is 5.02 Å². The molecule has 1 aromatic heterocycles. The second kappa shape index (κ2) is 8.58. The van der Waals surface area contributed by atoms with E-state index in [1.807, 2.05) is 43.3 Å². The second-order valence-electron chi connectivity index (χ2n) is 6.05. The van der Waals surface area contributed by atoms with Gasteiger partial charge in [0.15, 0.2) is 4.90 Å². The molecule has 3 aromatic rings. The zero-order valence-corrected chi connectivity index (χ0v) is 16.3. The number of aromatic nitrogens is 2. The topological polar surface area (TPSA) is 113 Å². The largest absolute Gasteiger partial charge is 0.593 e. The Morgan fingerprint density at radius 1 is 1.15 bits per heavy atom. The Morgan fingerprint density at radius 3 is 2.59 bits per heavy atom. The average Bonchev–Trinajstić information content (AvgIpc) is 2.64. The average molecular weight is 402 g/mol. The Kier molecular flexibility index (Phi) is 6.18. The summed E-state index contributed by atoms with van der Waals surface area (Å²) in [5, 5.41) is 9.27. The molecule has 2 aromatic carbocycles. The third-order valence-corrected chi connectivity index (χ3v) is 5.33. The molecule has 1 unspecified atom stereocenters. The minimum absolute atomic E-state index is 0.183. The summed E-state index contributed by atoms with van der Waals surface area (Å²) >= 11 is 4.94. The van der Waals surface area contributed by atoms with E-state index in [1.54, 1.807) is 12.1 Å². The van der Waals surface area contributed by atoms with Gasteiger partial charge >= 0.3 is 0 Å². The SMILES string of the molecule is Cc1cccc(-c2cc(NCCc3ccc([S+](N)[O-])cc3)nc(N)n2)c1Cl. The highest BCUT2D eigenvalue weighted by Crippen LogP contribution is 2.30. The van der Waals surface area contributed by atoms with E-state index in [-0.39, 0.29) is 5.95 Å². The molecule has 0 saturated carbocycles. The molecule has 27 heavy (non-hydrogen) atoms. The molecule has 0 bridgehead atoms. The summed E-state index contributed by atoms with van der Waals surface area (Å²) in [4.78, 5) is 9.14. The third kappa shape index (κ3) is 4.90. The highest BCUT2D eigenvalue weighted by molar-refractivity contribution is 7.89.